The number of hydrogen-bond donors (Lipinski definition) is 6. The second kappa shape index (κ2) is 26.0. The molecule has 1 aliphatic carbocycles. The highest BCUT2D eigenvalue weighted by atomic mass is 16.5. The number of likely N-dealkylation sites (tertiary alicyclic amines) is 2. The molecule has 6 N–H and O–H groups in total. The number of rotatable bonds is 22. The minimum atomic E-state index is -0.813. The van der Waals surface area contributed by atoms with Gasteiger partial charge in [-0.3, -0.25) is 28.8 Å². The summed E-state index contributed by atoms with van der Waals surface area (Å²) in [5.74, 6) is -1.25. The molecule has 16 nitrogen and oxygen atoms in total. The Morgan fingerprint density at radius 3 is 1.53 bits per heavy atom. The van der Waals surface area contributed by atoms with Gasteiger partial charge in [-0.25, -0.2) is 0 Å². The van der Waals surface area contributed by atoms with Crippen molar-refractivity contribution in [2.45, 2.75) is 175 Å². The van der Waals surface area contributed by atoms with Gasteiger partial charge in [-0.05, 0) is 99.9 Å². The fourth-order valence-electron chi connectivity index (χ4n) is 9.72. The maximum absolute atomic E-state index is 14.1. The predicted octanol–water partition coefficient (Wildman–Crippen LogP) is 4.90. The van der Waals surface area contributed by atoms with Crippen LogP contribution in [0.5, 0.6) is 0 Å². The first-order valence-electron chi connectivity index (χ1n) is 25.7. The Labute approximate surface area is 417 Å². The summed E-state index contributed by atoms with van der Waals surface area (Å²) in [6.07, 6.45) is 7.77. The molecule has 70 heavy (non-hydrogen) atoms. The maximum atomic E-state index is 14.1. The molecule has 0 unspecified atom stereocenters. The van der Waals surface area contributed by atoms with E-state index < -0.39 is 53.1 Å². The summed E-state index contributed by atoms with van der Waals surface area (Å²) in [4.78, 5) is 85.5. The van der Waals surface area contributed by atoms with Gasteiger partial charge in [0.25, 0.3) is 0 Å². The summed E-state index contributed by atoms with van der Waals surface area (Å²) in [5.41, 5.74) is 1.60. The highest BCUT2D eigenvalue weighted by Crippen LogP contribution is 2.30. The number of carbonyl (C=O) groups excluding carboxylic acids is 6. The van der Waals surface area contributed by atoms with Crippen LogP contribution in [-0.2, 0) is 51.5 Å². The predicted molar refractivity (Wildman–Crippen MR) is 271 cm³/mol. The molecule has 1 saturated carbocycles. The van der Waals surface area contributed by atoms with Crippen LogP contribution in [0.1, 0.15) is 136 Å². The van der Waals surface area contributed by atoms with Crippen molar-refractivity contribution >= 4 is 35.4 Å². The first-order valence-corrected chi connectivity index (χ1v) is 25.7. The Morgan fingerprint density at radius 1 is 0.586 bits per heavy atom. The molecule has 8 atom stereocenters. The zero-order valence-corrected chi connectivity index (χ0v) is 43.7. The van der Waals surface area contributed by atoms with Gasteiger partial charge in [0.2, 0.25) is 35.4 Å². The first-order chi connectivity index (χ1) is 33.2. The third-order valence-electron chi connectivity index (χ3n) is 14.3. The monoisotopic (exact) mass is 973 g/mol. The number of ether oxygens (including phenoxy) is 2. The van der Waals surface area contributed by atoms with Crippen molar-refractivity contribution in [2.75, 3.05) is 40.4 Å². The summed E-state index contributed by atoms with van der Waals surface area (Å²) in [6, 6.07) is 13.0. The van der Waals surface area contributed by atoms with E-state index in [1.165, 1.54) is 6.42 Å². The van der Waals surface area contributed by atoms with Crippen molar-refractivity contribution in [1.29, 1.82) is 0 Å². The zero-order valence-electron chi connectivity index (χ0n) is 43.7. The summed E-state index contributed by atoms with van der Waals surface area (Å²) < 4.78 is 12.7. The Kier molecular flexibility index (Phi) is 20.8. The van der Waals surface area contributed by atoms with E-state index in [1.807, 2.05) is 96.1 Å². The molecule has 2 aromatic carbocycles. The van der Waals surface area contributed by atoms with Crippen LogP contribution in [0.25, 0.3) is 0 Å². The van der Waals surface area contributed by atoms with Crippen molar-refractivity contribution in [2.24, 2.45) is 16.7 Å². The van der Waals surface area contributed by atoms with Crippen LogP contribution in [-0.4, -0.2) is 128 Å². The normalized spacial score (nSPS) is 20.4. The second-order valence-corrected chi connectivity index (χ2v) is 21.9. The molecular weight excluding hydrogens is 889 g/mol. The van der Waals surface area contributed by atoms with Crippen LogP contribution in [0.15, 0.2) is 54.6 Å². The molecule has 388 valence electrons. The van der Waals surface area contributed by atoms with E-state index in [1.54, 1.807) is 37.7 Å². The molecule has 3 fully saturated rings. The molecule has 0 bridgehead atoms. The van der Waals surface area contributed by atoms with E-state index in [-0.39, 0.29) is 60.6 Å². The van der Waals surface area contributed by atoms with Gasteiger partial charge >= 0.3 is 0 Å². The highest BCUT2D eigenvalue weighted by molar-refractivity contribution is 5.95. The molecule has 5 rings (SSSR count). The van der Waals surface area contributed by atoms with Crippen molar-refractivity contribution < 1.29 is 38.2 Å². The zero-order chi connectivity index (χ0) is 51.2. The Bertz CT molecular complexity index is 2050. The first kappa shape index (κ1) is 56.0. The fraction of sp³-hybridized carbons (Fsp3) is 0.667. The van der Waals surface area contributed by atoms with Crippen molar-refractivity contribution in [3.63, 3.8) is 0 Å². The van der Waals surface area contributed by atoms with Crippen LogP contribution < -0.4 is 31.9 Å². The van der Waals surface area contributed by atoms with E-state index in [0.29, 0.717) is 52.0 Å². The molecule has 2 aromatic rings. The molecule has 0 aromatic heterocycles. The minimum Gasteiger partial charge on any atom is -0.375 e. The Balaban J connectivity index is 1.19. The van der Waals surface area contributed by atoms with Crippen molar-refractivity contribution in [3.8, 4) is 0 Å². The van der Waals surface area contributed by atoms with E-state index >= 15 is 0 Å². The van der Waals surface area contributed by atoms with Crippen LogP contribution in [0.3, 0.4) is 0 Å². The quantitative estimate of drug-likeness (QED) is 0.0944. The van der Waals surface area contributed by atoms with E-state index in [4.69, 9.17) is 9.47 Å². The molecule has 2 saturated heterocycles. The molecule has 6 amide bonds. The van der Waals surface area contributed by atoms with Gasteiger partial charge in [-0.15, -0.1) is 0 Å². The lowest BCUT2D eigenvalue weighted by molar-refractivity contribution is -0.144. The van der Waals surface area contributed by atoms with Gasteiger partial charge < -0.3 is 51.2 Å². The number of carbonyl (C=O) groups is 6. The second-order valence-electron chi connectivity index (χ2n) is 21.9. The van der Waals surface area contributed by atoms with Gasteiger partial charge in [-0.2, -0.15) is 0 Å². The third kappa shape index (κ3) is 15.5. The highest BCUT2D eigenvalue weighted by Gasteiger charge is 2.44. The van der Waals surface area contributed by atoms with Gasteiger partial charge in [0.1, 0.15) is 24.2 Å². The lowest BCUT2D eigenvalue weighted by Crippen LogP contribution is -2.60. The van der Waals surface area contributed by atoms with Gasteiger partial charge in [-0.1, -0.05) is 115 Å². The Morgan fingerprint density at radius 2 is 1.06 bits per heavy atom. The molecule has 0 radical (unpaired) electrons. The average Bonchev–Trinajstić information content (AvgIpc) is 4.05. The van der Waals surface area contributed by atoms with E-state index in [9.17, 15) is 28.8 Å². The van der Waals surface area contributed by atoms with E-state index in [0.717, 1.165) is 42.4 Å². The van der Waals surface area contributed by atoms with Gasteiger partial charge in [0.05, 0.1) is 50.6 Å². The summed E-state index contributed by atoms with van der Waals surface area (Å²) >= 11 is 0. The van der Waals surface area contributed by atoms with E-state index in [2.05, 4.69) is 31.9 Å². The smallest absolute Gasteiger partial charge is 0.246 e. The van der Waals surface area contributed by atoms with Gasteiger partial charge in [0, 0.05) is 13.1 Å². The summed E-state index contributed by atoms with van der Waals surface area (Å²) in [5, 5.41) is 18.3. The maximum Gasteiger partial charge on any atom is 0.246 e. The molecule has 0 spiro atoms. The molecule has 2 heterocycles. The van der Waals surface area contributed by atoms with Crippen LogP contribution in [0.4, 0.5) is 0 Å². The number of benzene rings is 2. The van der Waals surface area contributed by atoms with Crippen LogP contribution >= 0.6 is 0 Å². The number of hydrogen-bond acceptors (Lipinski definition) is 10. The van der Waals surface area contributed by atoms with Crippen molar-refractivity contribution in [1.82, 2.24) is 41.7 Å². The molecule has 2 aliphatic heterocycles. The Hall–Kier alpha value is -4.90. The SMILES string of the molecule is CN[C@@H](C)C(=O)N[C@H](C(=O)N1CCC[C@H]1C(=O)N[C@H](COCc1cccc(COC[C@@H](NC(=O)[C@@H]2CCCN2C(=O)[C@@H](NC(=O)[C@H](C)NC)C(C)(C)C)C2CCCCC2)c1)c1ccccc1)C(C)(C)C. The minimum absolute atomic E-state index is 0.180. The number of amides is 6. The largest absolute Gasteiger partial charge is 0.375 e. The molecule has 3 aliphatic rings. The topological polar surface area (TPSA) is 200 Å². The summed E-state index contributed by atoms with van der Waals surface area (Å²) in [6.45, 7) is 17.0. The standard InChI is InChI=1S/C54H84N8O8/c1-35(55-9)47(63)59-45(53(3,4)5)51(67)61-28-18-26-43(61)49(65)57-41(39-22-13-11-14-23-39)33-69-31-37-20-17-21-38(30-37)32-70-34-42(40-24-15-12-16-25-40)58-50(66)44-27-19-29-62(44)52(68)46(54(6,7)8)60-48(64)36(2)56-10/h11,13-14,17,20-23,30,35-36,40-46,55-56H,12,15-16,18-19,24-29,31-34H2,1-10H3,(H,57,65)(H,58,66)(H,59,63)(H,60,64)/t35-,36-,41+,42+,43-,44-,45+,46+/m0/s1. The fourth-order valence-corrected chi connectivity index (χ4v) is 9.72. The van der Waals surface area contributed by atoms with Crippen LogP contribution in [0.2, 0.25) is 0 Å². The molecular formula is C54H84N8O8. The van der Waals surface area contributed by atoms with Crippen molar-refractivity contribution in [3.05, 3.63) is 71.3 Å². The molecule has 16 heteroatoms. The lowest BCUT2D eigenvalue weighted by atomic mass is 9.84. The lowest BCUT2D eigenvalue weighted by Gasteiger charge is -2.37. The number of nitrogens with zero attached hydrogens (tertiary/aromatic N) is 2. The number of likely N-dealkylation sites (N-methyl/N-ethyl adjacent to an activating group) is 2. The number of nitrogens with one attached hydrogen (secondary N) is 6. The third-order valence-corrected chi connectivity index (χ3v) is 14.3. The van der Waals surface area contributed by atoms with Gasteiger partial charge in [0.15, 0.2) is 0 Å². The average molecular weight is 973 g/mol. The summed E-state index contributed by atoms with van der Waals surface area (Å²) in [7, 11) is 3.39. The van der Waals surface area contributed by atoms with Crippen LogP contribution in [0, 0.1) is 16.7 Å².